The number of nitrogens with one attached hydrogen (secondary N) is 3. The Balaban J connectivity index is 1.52. The van der Waals surface area contributed by atoms with E-state index >= 15 is 0 Å². The molecule has 146 valence electrons. The first-order chi connectivity index (χ1) is 14.2. The second-order valence-electron chi connectivity index (χ2n) is 6.59. The van der Waals surface area contributed by atoms with E-state index in [1.807, 2.05) is 18.2 Å². The molecule has 0 aliphatic heterocycles. The zero-order valence-electron chi connectivity index (χ0n) is 16.0. The number of benzene rings is 1. The van der Waals surface area contributed by atoms with Gasteiger partial charge in [-0.2, -0.15) is 0 Å². The van der Waals surface area contributed by atoms with Crippen molar-refractivity contribution in [1.29, 1.82) is 0 Å². The summed E-state index contributed by atoms with van der Waals surface area (Å²) in [6, 6.07) is 7.51. The highest BCUT2D eigenvalue weighted by molar-refractivity contribution is 5.81. The molecule has 9 nitrogen and oxygen atoms in total. The van der Waals surface area contributed by atoms with Crippen molar-refractivity contribution in [1.82, 2.24) is 29.9 Å². The van der Waals surface area contributed by atoms with E-state index in [0.29, 0.717) is 23.7 Å². The number of nitrogens with zero attached hydrogens (tertiary/aromatic N) is 5. The van der Waals surface area contributed by atoms with Gasteiger partial charge >= 0.3 is 0 Å². The standard InChI is InChI=1S/C20H20N8O/c1-12(14-4-3-5-15-18(14)27-11-28-19(15)29)7-22-17-6-16(25-10-26-17)13-8-23-20(21-2)24-9-13/h3-6,8-12H,7H2,1-2H3,(H,21,23,24)(H,22,25,26)(H,27,28,29)/t12-/m1/s1. The van der Waals surface area contributed by atoms with E-state index in [-0.39, 0.29) is 11.5 Å². The van der Waals surface area contributed by atoms with Crippen molar-refractivity contribution >= 4 is 22.7 Å². The minimum atomic E-state index is -0.135. The Morgan fingerprint density at radius 2 is 1.93 bits per heavy atom. The van der Waals surface area contributed by atoms with Crippen LogP contribution >= 0.6 is 0 Å². The fraction of sp³-hybridized carbons (Fsp3) is 0.200. The predicted molar refractivity (Wildman–Crippen MR) is 112 cm³/mol. The van der Waals surface area contributed by atoms with Crippen molar-refractivity contribution in [3.8, 4) is 11.3 Å². The van der Waals surface area contributed by atoms with Crippen molar-refractivity contribution in [2.75, 3.05) is 24.2 Å². The van der Waals surface area contributed by atoms with E-state index < -0.39 is 0 Å². The van der Waals surface area contributed by atoms with Gasteiger partial charge in [0.2, 0.25) is 5.95 Å². The molecule has 1 atom stereocenters. The van der Waals surface area contributed by atoms with Crippen molar-refractivity contribution < 1.29 is 0 Å². The minimum absolute atomic E-state index is 0.115. The Kier molecular flexibility index (Phi) is 5.10. The van der Waals surface area contributed by atoms with Crippen LogP contribution in [0.1, 0.15) is 18.4 Å². The van der Waals surface area contributed by atoms with Gasteiger partial charge in [-0.3, -0.25) is 4.79 Å². The molecule has 0 saturated heterocycles. The Hall–Kier alpha value is -3.88. The first kappa shape index (κ1) is 18.5. The highest BCUT2D eigenvalue weighted by atomic mass is 16.1. The van der Waals surface area contributed by atoms with Gasteiger partial charge in [0.25, 0.3) is 5.56 Å². The Bertz CT molecular complexity index is 1190. The van der Waals surface area contributed by atoms with Crippen LogP contribution in [0.4, 0.5) is 11.8 Å². The number of aromatic amines is 1. The smallest absolute Gasteiger partial charge is 0.258 e. The van der Waals surface area contributed by atoms with E-state index in [0.717, 1.165) is 22.3 Å². The number of aromatic nitrogens is 6. The van der Waals surface area contributed by atoms with Crippen LogP contribution in [0.3, 0.4) is 0 Å². The number of fused-ring (bicyclic) bond motifs is 1. The summed E-state index contributed by atoms with van der Waals surface area (Å²) in [5.41, 5.74) is 3.13. The van der Waals surface area contributed by atoms with E-state index in [1.54, 1.807) is 25.5 Å². The first-order valence-electron chi connectivity index (χ1n) is 9.18. The maximum Gasteiger partial charge on any atom is 0.258 e. The maximum absolute atomic E-state index is 12.0. The number of H-pyrrole nitrogens is 1. The zero-order chi connectivity index (χ0) is 20.2. The van der Waals surface area contributed by atoms with Crippen LogP contribution in [0.25, 0.3) is 22.2 Å². The molecule has 0 bridgehead atoms. The molecule has 0 fully saturated rings. The van der Waals surface area contributed by atoms with Gasteiger partial charge < -0.3 is 15.6 Å². The largest absolute Gasteiger partial charge is 0.369 e. The van der Waals surface area contributed by atoms with Crippen molar-refractivity contribution in [3.63, 3.8) is 0 Å². The molecule has 9 heteroatoms. The van der Waals surface area contributed by atoms with Gasteiger partial charge in [0.15, 0.2) is 0 Å². The summed E-state index contributed by atoms with van der Waals surface area (Å²) >= 11 is 0. The average Bonchev–Trinajstić information content (AvgIpc) is 2.78. The van der Waals surface area contributed by atoms with Crippen LogP contribution in [-0.2, 0) is 0 Å². The van der Waals surface area contributed by atoms with Crippen LogP contribution in [0.2, 0.25) is 0 Å². The zero-order valence-corrected chi connectivity index (χ0v) is 16.0. The van der Waals surface area contributed by atoms with Gasteiger partial charge in [0.1, 0.15) is 12.1 Å². The quantitative estimate of drug-likeness (QED) is 0.460. The molecule has 0 aliphatic carbocycles. The molecular formula is C20H20N8O. The topological polar surface area (TPSA) is 121 Å². The van der Waals surface area contributed by atoms with Crippen LogP contribution in [0.15, 0.2) is 54.1 Å². The van der Waals surface area contributed by atoms with E-state index in [9.17, 15) is 4.79 Å². The molecule has 4 rings (SSSR count). The molecule has 3 heterocycles. The molecule has 0 unspecified atom stereocenters. The maximum atomic E-state index is 12.0. The molecular weight excluding hydrogens is 368 g/mol. The number of rotatable bonds is 6. The van der Waals surface area contributed by atoms with Crippen LogP contribution < -0.4 is 16.2 Å². The predicted octanol–water partition coefficient (Wildman–Crippen LogP) is 2.43. The molecule has 0 saturated carbocycles. The minimum Gasteiger partial charge on any atom is -0.369 e. The summed E-state index contributed by atoms with van der Waals surface area (Å²) in [6.45, 7) is 2.70. The Morgan fingerprint density at radius 3 is 2.72 bits per heavy atom. The number of hydrogen-bond donors (Lipinski definition) is 3. The summed E-state index contributed by atoms with van der Waals surface area (Å²) in [5, 5.41) is 6.81. The second kappa shape index (κ2) is 8.01. The highest BCUT2D eigenvalue weighted by Crippen LogP contribution is 2.23. The third kappa shape index (κ3) is 3.88. The lowest BCUT2D eigenvalue weighted by atomic mass is 9.98. The number of hydrogen-bond acceptors (Lipinski definition) is 8. The normalized spacial score (nSPS) is 11.9. The summed E-state index contributed by atoms with van der Waals surface area (Å²) < 4.78 is 0. The average molecular weight is 388 g/mol. The lowest BCUT2D eigenvalue weighted by molar-refractivity contribution is 0.805. The summed E-state index contributed by atoms with van der Waals surface area (Å²) in [4.78, 5) is 36.0. The molecule has 3 N–H and O–H groups in total. The third-order valence-corrected chi connectivity index (χ3v) is 4.66. The lowest BCUT2D eigenvalue weighted by Crippen LogP contribution is -2.13. The first-order valence-corrected chi connectivity index (χ1v) is 9.18. The Labute approximate surface area is 166 Å². The third-order valence-electron chi connectivity index (χ3n) is 4.66. The monoisotopic (exact) mass is 388 g/mol. The van der Waals surface area contributed by atoms with Gasteiger partial charge in [0, 0.05) is 43.5 Å². The molecule has 0 spiro atoms. The van der Waals surface area contributed by atoms with Crippen molar-refractivity contribution in [3.05, 3.63) is 65.2 Å². The van der Waals surface area contributed by atoms with Crippen LogP contribution in [0, 0.1) is 0 Å². The lowest BCUT2D eigenvalue weighted by Gasteiger charge is -2.15. The highest BCUT2D eigenvalue weighted by Gasteiger charge is 2.12. The van der Waals surface area contributed by atoms with Gasteiger partial charge in [-0.1, -0.05) is 19.1 Å². The van der Waals surface area contributed by atoms with E-state index in [4.69, 9.17) is 0 Å². The second-order valence-corrected chi connectivity index (χ2v) is 6.59. The van der Waals surface area contributed by atoms with Gasteiger partial charge in [-0.25, -0.2) is 24.9 Å². The van der Waals surface area contributed by atoms with Crippen LogP contribution in [0.5, 0.6) is 0 Å². The van der Waals surface area contributed by atoms with Gasteiger partial charge in [-0.15, -0.1) is 0 Å². The molecule has 4 aromatic rings. The van der Waals surface area contributed by atoms with Crippen molar-refractivity contribution in [2.45, 2.75) is 12.8 Å². The molecule has 3 aromatic heterocycles. The number of anilines is 2. The molecule has 0 amide bonds. The molecule has 1 aromatic carbocycles. The SMILES string of the molecule is CNc1ncc(-c2cc(NC[C@@H](C)c3cccc4c(=O)[nH]cnc34)ncn2)cn1. The van der Waals surface area contributed by atoms with Gasteiger partial charge in [0.05, 0.1) is 22.9 Å². The molecule has 0 radical (unpaired) electrons. The number of para-hydroxylation sites is 1. The van der Waals surface area contributed by atoms with Crippen molar-refractivity contribution in [2.24, 2.45) is 0 Å². The van der Waals surface area contributed by atoms with Crippen LogP contribution in [-0.4, -0.2) is 43.5 Å². The molecule has 0 aliphatic rings. The Morgan fingerprint density at radius 1 is 1.10 bits per heavy atom. The summed E-state index contributed by atoms with van der Waals surface area (Å²) in [5.74, 6) is 1.37. The summed E-state index contributed by atoms with van der Waals surface area (Å²) in [6.07, 6.45) is 6.37. The van der Waals surface area contributed by atoms with Gasteiger partial charge in [-0.05, 0) is 11.6 Å². The van der Waals surface area contributed by atoms with E-state index in [1.165, 1.54) is 12.7 Å². The fourth-order valence-electron chi connectivity index (χ4n) is 3.09. The molecule has 29 heavy (non-hydrogen) atoms. The summed E-state index contributed by atoms with van der Waals surface area (Å²) in [7, 11) is 1.77. The van der Waals surface area contributed by atoms with E-state index in [2.05, 4.69) is 47.5 Å². The fourth-order valence-corrected chi connectivity index (χ4v) is 3.09.